The van der Waals surface area contributed by atoms with Crippen molar-refractivity contribution in [2.24, 2.45) is 0 Å². The number of amides is 2. The molecule has 1 N–H and O–H groups in total. The molecule has 0 bridgehead atoms. The number of carbonyl (C=O) groups excluding carboxylic acids is 2. The first-order valence-corrected chi connectivity index (χ1v) is 17.2. The lowest BCUT2D eigenvalue weighted by Crippen LogP contribution is -2.55. The molecule has 10 nitrogen and oxygen atoms in total. The average molecular weight is 686 g/mol. The smallest absolute Gasteiger partial charge is 0.271 e. The number of carbonyl (C=O) groups is 2. The van der Waals surface area contributed by atoms with E-state index in [1.807, 2.05) is 54.6 Å². The highest BCUT2D eigenvalue weighted by molar-refractivity contribution is 9.10. The molecule has 0 radical (unpaired) electrons. The molecule has 1 saturated carbocycles. The number of halogens is 1. The van der Waals surface area contributed by atoms with E-state index in [9.17, 15) is 28.1 Å². The van der Waals surface area contributed by atoms with Crippen molar-refractivity contribution in [1.29, 1.82) is 0 Å². The molecule has 0 unspecified atom stereocenters. The van der Waals surface area contributed by atoms with Gasteiger partial charge in [0.1, 0.15) is 12.6 Å². The number of hydrogen-bond acceptors (Lipinski definition) is 6. The van der Waals surface area contributed by atoms with Crippen LogP contribution in [0.5, 0.6) is 0 Å². The van der Waals surface area contributed by atoms with Gasteiger partial charge < -0.3 is 10.2 Å². The van der Waals surface area contributed by atoms with Crippen LogP contribution >= 0.6 is 15.9 Å². The zero-order chi connectivity index (χ0) is 31.9. The number of nitro groups is 1. The summed E-state index contributed by atoms with van der Waals surface area (Å²) in [6.07, 6.45) is 6.04. The number of nitrogens with one attached hydrogen (secondary N) is 1. The summed E-state index contributed by atoms with van der Waals surface area (Å²) < 4.78 is 27.9. The Morgan fingerprint density at radius 3 is 2.27 bits per heavy atom. The van der Waals surface area contributed by atoms with Gasteiger partial charge in [0.15, 0.2) is 0 Å². The van der Waals surface area contributed by atoms with Crippen molar-refractivity contribution < 1.29 is 22.9 Å². The Morgan fingerprint density at radius 1 is 1.00 bits per heavy atom. The molecule has 0 aromatic heterocycles. The average Bonchev–Trinajstić information content (AvgIpc) is 2.99. The molecular weight excluding hydrogens is 648 g/mol. The van der Waals surface area contributed by atoms with E-state index in [-0.39, 0.29) is 36.3 Å². The number of nitrogens with zero attached hydrogens (tertiary/aromatic N) is 3. The molecular formula is C32H37BrN4O6S. The summed E-state index contributed by atoms with van der Waals surface area (Å²) in [4.78, 5) is 40.6. The highest BCUT2D eigenvalue weighted by Gasteiger charge is 2.34. The minimum absolute atomic E-state index is 0.000748. The SMILES string of the molecule is Cc1ccc([N+](=O)[O-])cc1N(CC(=O)N(Cc1ccc(Br)cc1)[C@@H](Cc1ccccc1)C(=O)NC1CCCCC1)S(C)(=O)=O. The monoisotopic (exact) mass is 684 g/mol. The van der Waals surface area contributed by atoms with Gasteiger partial charge in [-0.25, -0.2) is 8.42 Å². The third kappa shape index (κ3) is 8.88. The van der Waals surface area contributed by atoms with Crippen molar-refractivity contribution in [2.75, 3.05) is 17.1 Å². The first-order valence-electron chi connectivity index (χ1n) is 14.5. The van der Waals surface area contributed by atoms with Crippen molar-refractivity contribution in [3.05, 3.63) is 104 Å². The summed E-state index contributed by atoms with van der Waals surface area (Å²) in [6, 6.07) is 19.7. The molecule has 0 heterocycles. The molecule has 1 aliphatic carbocycles. The van der Waals surface area contributed by atoms with Crippen LogP contribution in [-0.4, -0.2) is 54.9 Å². The van der Waals surface area contributed by atoms with E-state index in [2.05, 4.69) is 21.2 Å². The summed E-state index contributed by atoms with van der Waals surface area (Å²) in [5.41, 5.74) is 1.78. The fourth-order valence-electron chi connectivity index (χ4n) is 5.46. The Hall–Kier alpha value is -3.77. The topological polar surface area (TPSA) is 130 Å². The molecule has 4 rings (SSSR count). The van der Waals surface area contributed by atoms with Crippen LogP contribution in [0.2, 0.25) is 0 Å². The number of sulfonamides is 1. The second kappa shape index (κ2) is 14.8. The maximum atomic E-state index is 14.3. The molecule has 234 valence electrons. The quantitative estimate of drug-likeness (QED) is 0.198. The minimum Gasteiger partial charge on any atom is -0.352 e. The summed E-state index contributed by atoms with van der Waals surface area (Å²) in [6.45, 7) is 1.03. The van der Waals surface area contributed by atoms with Crippen LogP contribution < -0.4 is 9.62 Å². The Balaban J connectivity index is 1.75. The zero-order valence-corrected chi connectivity index (χ0v) is 27.2. The first-order chi connectivity index (χ1) is 20.9. The Morgan fingerprint density at radius 2 is 1.66 bits per heavy atom. The Labute approximate surface area is 266 Å². The van der Waals surface area contributed by atoms with Crippen molar-refractivity contribution in [3.8, 4) is 0 Å². The predicted molar refractivity (Wildman–Crippen MR) is 174 cm³/mol. The third-order valence-corrected chi connectivity index (χ3v) is 9.50. The zero-order valence-electron chi connectivity index (χ0n) is 24.8. The summed E-state index contributed by atoms with van der Waals surface area (Å²) >= 11 is 3.43. The number of anilines is 1. The van der Waals surface area contributed by atoms with Crippen LogP contribution in [-0.2, 0) is 32.6 Å². The standard InChI is InChI=1S/C32H37BrN4O6S/c1-23-13-18-28(37(40)41)20-29(23)36(44(2,42)43)22-31(38)35(21-25-14-16-26(33)17-15-25)30(19-24-9-5-3-6-10-24)32(39)34-27-11-7-4-8-12-27/h3,5-6,9-10,13-18,20,27,30H,4,7-8,11-12,19,21-22H2,1-2H3,(H,34,39)/t30-/m0/s1. The summed E-state index contributed by atoms with van der Waals surface area (Å²) in [5.74, 6) is -0.910. The van der Waals surface area contributed by atoms with Gasteiger partial charge in [-0.2, -0.15) is 0 Å². The first kappa shape index (κ1) is 33.1. The molecule has 0 spiro atoms. The van der Waals surface area contributed by atoms with E-state index in [0.29, 0.717) is 5.56 Å². The molecule has 1 fully saturated rings. The second-order valence-corrected chi connectivity index (χ2v) is 14.0. The number of non-ortho nitro benzene ring substituents is 1. The Kier molecular flexibility index (Phi) is 11.1. The van der Waals surface area contributed by atoms with Gasteiger partial charge in [0.2, 0.25) is 21.8 Å². The number of rotatable bonds is 12. The Bertz CT molecular complexity index is 1580. The van der Waals surface area contributed by atoms with E-state index in [1.54, 1.807) is 6.92 Å². The van der Waals surface area contributed by atoms with E-state index in [0.717, 1.165) is 64.3 Å². The van der Waals surface area contributed by atoms with Crippen molar-refractivity contribution in [2.45, 2.75) is 64.1 Å². The van der Waals surface area contributed by atoms with Crippen molar-refractivity contribution >= 4 is 49.1 Å². The molecule has 3 aromatic rings. The molecule has 0 saturated heterocycles. The van der Waals surface area contributed by atoms with Crippen LogP contribution in [0, 0.1) is 17.0 Å². The number of nitro benzene ring substituents is 1. The van der Waals surface area contributed by atoms with Crippen LogP contribution in [0.1, 0.15) is 48.8 Å². The number of aryl methyl sites for hydroxylation is 1. The fourth-order valence-corrected chi connectivity index (χ4v) is 6.62. The van der Waals surface area contributed by atoms with Crippen molar-refractivity contribution in [1.82, 2.24) is 10.2 Å². The van der Waals surface area contributed by atoms with Gasteiger partial charge in [-0.05, 0) is 48.6 Å². The van der Waals surface area contributed by atoms with Gasteiger partial charge in [0.25, 0.3) is 5.69 Å². The van der Waals surface area contributed by atoms with Crippen LogP contribution in [0.4, 0.5) is 11.4 Å². The van der Waals surface area contributed by atoms with Gasteiger partial charge in [0.05, 0.1) is 16.9 Å². The summed E-state index contributed by atoms with van der Waals surface area (Å²) in [5, 5.41) is 14.7. The van der Waals surface area contributed by atoms with Gasteiger partial charge >= 0.3 is 0 Å². The molecule has 0 aliphatic heterocycles. The lowest BCUT2D eigenvalue weighted by Gasteiger charge is -2.35. The minimum atomic E-state index is -4.06. The number of hydrogen-bond donors (Lipinski definition) is 1. The van der Waals surface area contributed by atoms with E-state index < -0.39 is 33.4 Å². The van der Waals surface area contributed by atoms with Gasteiger partial charge in [-0.3, -0.25) is 24.0 Å². The maximum absolute atomic E-state index is 14.3. The highest BCUT2D eigenvalue weighted by atomic mass is 79.9. The second-order valence-electron chi connectivity index (χ2n) is 11.2. The summed E-state index contributed by atoms with van der Waals surface area (Å²) in [7, 11) is -4.06. The van der Waals surface area contributed by atoms with E-state index in [1.165, 1.54) is 17.0 Å². The van der Waals surface area contributed by atoms with E-state index in [4.69, 9.17) is 0 Å². The van der Waals surface area contributed by atoms with Crippen LogP contribution in [0.25, 0.3) is 0 Å². The highest BCUT2D eigenvalue weighted by Crippen LogP contribution is 2.28. The van der Waals surface area contributed by atoms with Gasteiger partial charge in [-0.15, -0.1) is 0 Å². The normalized spacial score (nSPS) is 14.4. The third-order valence-electron chi connectivity index (χ3n) is 7.84. The van der Waals surface area contributed by atoms with E-state index >= 15 is 0 Å². The molecule has 1 atom stereocenters. The predicted octanol–water partition coefficient (Wildman–Crippen LogP) is 5.52. The molecule has 44 heavy (non-hydrogen) atoms. The molecule has 1 aliphatic rings. The number of benzene rings is 3. The lowest BCUT2D eigenvalue weighted by molar-refractivity contribution is -0.384. The largest absolute Gasteiger partial charge is 0.352 e. The van der Waals surface area contributed by atoms with Crippen molar-refractivity contribution in [3.63, 3.8) is 0 Å². The fraction of sp³-hybridized carbons (Fsp3) is 0.375. The van der Waals surface area contributed by atoms with Crippen LogP contribution in [0.3, 0.4) is 0 Å². The lowest BCUT2D eigenvalue weighted by atomic mass is 9.94. The maximum Gasteiger partial charge on any atom is 0.271 e. The molecule has 3 aromatic carbocycles. The molecule has 12 heteroatoms. The van der Waals surface area contributed by atoms with Crippen LogP contribution in [0.15, 0.2) is 77.3 Å². The molecule has 2 amide bonds. The van der Waals surface area contributed by atoms with Gasteiger partial charge in [0, 0.05) is 35.6 Å². The van der Waals surface area contributed by atoms with Gasteiger partial charge in [-0.1, -0.05) is 83.7 Å².